The maximum Gasteiger partial charge on any atom is 0.416 e. The van der Waals surface area contributed by atoms with Crippen LogP contribution in [0.15, 0.2) is 36.9 Å². The molecule has 1 aromatic heterocycles. The first-order chi connectivity index (χ1) is 11.0. The minimum atomic E-state index is -4.32. The number of alkyl halides is 3. The molecule has 0 aliphatic carbocycles. The van der Waals surface area contributed by atoms with Crippen molar-refractivity contribution >= 4 is 23.5 Å². The standard InChI is InChI=1S/C14H11F3N4S2/c15-14(16,17)10-3-1-9(2-4-10)12-6-22-13(23-12)11(5-18)21-8-19-7-20-21/h1-4,7-8,11-13H,6H2. The first kappa shape index (κ1) is 16.2. The fourth-order valence-electron chi connectivity index (χ4n) is 2.26. The molecule has 3 atom stereocenters. The second-order valence-corrected chi connectivity index (χ2v) is 7.72. The molecule has 0 bridgehead atoms. The van der Waals surface area contributed by atoms with E-state index in [9.17, 15) is 18.4 Å². The normalized spacial score (nSPS) is 22.7. The Kier molecular flexibility index (Phi) is 4.55. The van der Waals surface area contributed by atoms with Crippen LogP contribution in [-0.2, 0) is 6.18 Å². The van der Waals surface area contributed by atoms with Gasteiger partial charge in [0.05, 0.1) is 16.2 Å². The number of hydrogen-bond donors (Lipinski definition) is 0. The van der Waals surface area contributed by atoms with E-state index in [1.807, 2.05) is 0 Å². The molecular formula is C14H11F3N4S2. The minimum Gasteiger partial charge on any atom is -0.234 e. The van der Waals surface area contributed by atoms with Gasteiger partial charge in [0.2, 0.25) is 0 Å². The van der Waals surface area contributed by atoms with Crippen LogP contribution < -0.4 is 0 Å². The summed E-state index contributed by atoms with van der Waals surface area (Å²) in [6.45, 7) is 0. The van der Waals surface area contributed by atoms with Gasteiger partial charge in [-0.15, -0.1) is 23.5 Å². The second-order valence-electron chi connectivity index (χ2n) is 4.90. The van der Waals surface area contributed by atoms with Crippen LogP contribution in [0.25, 0.3) is 0 Å². The van der Waals surface area contributed by atoms with E-state index in [0.717, 1.165) is 23.4 Å². The number of nitrogens with zero attached hydrogens (tertiary/aromatic N) is 4. The van der Waals surface area contributed by atoms with Crippen molar-refractivity contribution in [1.82, 2.24) is 14.8 Å². The van der Waals surface area contributed by atoms with Crippen molar-refractivity contribution < 1.29 is 13.2 Å². The Labute approximate surface area is 139 Å². The second kappa shape index (κ2) is 6.45. The number of hydrogen-bond acceptors (Lipinski definition) is 5. The van der Waals surface area contributed by atoms with Gasteiger partial charge in [0, 0.05) is 11.0 Å². The lowest BCUT2D eigenvalue weighted by Gasteiger charge is -2.16. The van der Waals surface area contributed by atoms with Crippen molar-refractivity contribution in [2.24, 2.45) is 0 Å². The van der Waals surface area contributed by atoms with Crippen LogP contribution in [0.4, 0.5) is 13.2 Å². The maximum absolute atomic E-state index is 12.6. The van der Waals surface area contributed by atoms with E-state index in [1.54, 1.807) is 23.5 Å². The highest BCUT2D eigenvalue weighted by atomic mass is 32.2. The summed E-state index contributed by atoms with van der Waals surface area (Å²) in [7, 11) is 0. The average Bonchev–Trinajstić information content (AvgIpc) is 3.19. The van der Waals surface area contributed by atoms with Crippen LogP contribution in [0.3, 0.4) is 0 Å². The predicted molar refractivity (Wildman–Crippen MR) is 82.7 cm³/mol. The van der Waals surface area contributed by atoms with E-state index in [0.29, 0.717) is 0 Å². The van der Waals surface area contributed by atoms with Gasteiger partial charge in [0.25, 0.3) is 0 Å². The highest BCUT2D eigenvalue weighted by Gasteiger charge is 2.35. The first-order valence-electron chi connectivity index (χ1n) is 6.67. The van der Waals surface area contributed by atoms with Gasteiger partial charge in [0.15, 0.2) is 6.04 Å². The summed E-state index contributed by atoms with van der Waals surface area (Å²) in [5.41, 5.74) is 0.194. The van der Waals surface area contributed by atoms with Crippen molar-refractivity contribution in [1.29, 1.82) is 5.26 Å². The van der Waals surface area contributed by atoms with Gasteiger partial charge in [0.1, 0.15) is 12.7 Å². The van der Waals surface area contributed by atoms with Crippen molar-refractivity contribution in [2.45, 2.75) is 22.1 Å². The van der Waals surface area contributed by atoms with Gasteiger partial charge in [-0.25, -0.2) is 9.67 Å². The monoisotopic (exact) mass is 356 g/mol. The Balaban J connectivity index is 1.71. The minimum absolute atomic E-state index is 0.0333. The Morgan fingerprint density at radius 3 is 2.61 bits per heavy atom. The number of benzene rings is 1. The molecular weight excluding hydrogens is 345 g/mol. The first-order valence-corrected chi connectivity index (χ1v) is 8.66. The number of thioether (sulfide) groups is 2. The SMILES string of the molecule is N#CC(C1SCC(c2ccc(C(F)(F)F)cc2)S1)n1cncn1. The summed E-state index contributed by atoms with van der Waals surface area (Å²) in [4.78, 5) is 3.85. The molecule has 3 unspecified atom stereocenters. The van der Waals surface area contributed by atoms with E-state index in [-0.39, 0.29) is 9.83 Å². The summed E-state index contributed by atoms with van der Waals surface area (Å²) in [6, 6.07) is 7.00. The summed E-state index contributed by atoms with van der Waals surface area (Å²) in [5.74, 6) is 0.744. The third-order valence-corrected chi connectivity index (χ3v) is 6.79. The van der Waals surface area contributed by atoms with Gasteiger partial charge in [-0.2, -0.15) is 23.5 Å². The van der Waals surface area contributed by atoms with Crippen molar-refractivity contribution in [3.8, 4) is 6.07 Å². The van der Waals surface area contributed by atoms with Gasteiger partial charge < -0.3 is 0 Å². The lowest BCUT2D eigenvalue weighted by Crippen LogP contribution is -2.16. The molecule has 23 heavy (non-hydrogen) atoms. The summed E-state index contributed by atoms with van der Waals surface area (Å²) < 4.78 is 39.3. The van der Waals surface area contributed by atoms with E-state index in [2.05, 4.69) is 16.2 Å². The number of rotatable bonds is 3. The highest BCUT2D eigenvalue weighted by molar-refractivity contribution is 8.20. The molecule has 2 aromatic rings. The summed E-state index contributed by atoms with van der Waals surface area (Å²) in [5, 5.41) is 13.4. The lowest BCUT2D eigenvalue weighted by molar-refractivity contribution is -0.137. The van der Waals surface area contributed by atoms with E-state index in [4.69, 9.17) is 0 Å². The molecule has 4 nitrogen and oxygen atoms in total. The number of nitriles is 1. The fraction of sp³-hybridized carbons (Fsp3) is 0.357. The zero-order valence-corrected chi connectivity index (χ0v) is 13.3. The molecule has 0 amide bonds. The molecule has 0 spiro atoms. The molecule has 1 saturated heterocycles. The largest absolute Gasteiger partial charge is 0.416 e. The van der Waals surface area contributed by atoms with E-state index < -0.39 is 17.8 Å². The van der Waals surface area contributed by atoms with Crippen LogP contribution in [0.2, 0.25) is 0 Å². The average molecular weight is 356 g/mol. The fourth-order valence-corrected chi connectivity index (χ4v) is 5.66. The maximum atomic E-state index is 12.6. The molecule has 1 aliphatic rings. The molecule has 0 N–H and O–H groups in total. The Bertz CT molecular complexity index is 694. The molecule has 0 radical (unpaired) electrons. The van der Waals surface area contributed by atoms with Crippen LogP contribution in [-0.4, -0.2) is 25.1 Å². The number of halogens is 3. The smallest absolute Gasteiger partial charge is 0.234 e. The molecule has 2 heterocycles. The molecule has 1 aromatic carbocycles. The van der Waals surface area contributed by atoms with Crippen LogP contribution in [0.5, 0.6) is 0 Å². The zero-order valence-electron chi connectivity index (χ0n) is 11.6. The quantitative estimate of drug-likeness (QED) is 0.835. The molecule has 1 fully saturated rings. The van der Waals surface area contributed by atoms with Crippen molar-refractivity contribution in [3.63, 3.8) is 0 Å². The van der Waals surface area contributed by atoms with E-state index in [1.165, 1.54) is 29.5 Å². The summed E-state index contributed by atoms with van der Waals surface area (Å²) in [6.07, 6.45) is -1.44. The van der Waals surface area contributed by atoms with Crippen LogP contribution in [0.1, 0.15) is 22.4 Å². The lowest BCUT2D eigenvalue weighted by atomic mass is 10.1. The Hall–Kier alpha value is -1.66. The highest BCUT2D eigenvalue weighted by Crippen LogP contribution is 2.51. The Morgan fingerprint density at radius 1 is 1.30 bits per heavy atom. The third-order valence-electron chi connectivity index (χ3n) is 3.43. The Morgan fingerprint density at radius 2 is 2.04 bits per heavy atom. The molecule has 120 valence electrons. The third kappa shape index (κ3) is 3.48. The molecule has 0 saturated carbocycles. The van der Waals surface area contributed by atoms with Crippen LogP contribution in [0, 0.1) is 11.3 Å². The van der Waals surface area contributed by atoms with E-state index >= 15 is 0 Å². The molecule has 9 heteroatoms. The molecule has 3 rings (SSSR count). The van der Waals surface area contributed by atoms with Gasteiger partial charge in [-0.3, -0.25) is 0 Å². The van der Waals surface area contributed by atoms with Crippen LogP contribution >= 0.6 is 23.5 Å². The van der Waals surface area contributed by atoms with Gasteiger partial charge in [-0.1, -0.05) is 12.1 Å². The van der Waals surface area contributed by atoms with Crippen molar-refractivity contribution in [3.05, 3.63) is 48.0 Å². The zero-order chi connectivity index (χ0) is 16.4. The predicted octanol–water partition coefficient (Wildman–Crippen LogP) is 3.91. The molecule has 1 aliphatic heterocycles. The van der Waals surface area contributed by atoms with Crippen molar-refractivity contribution in [2.75, 3.05) is 5.75 Å². The summed E-state index contributed by atoms with van der Waals surface area (Å²) >= 11 is 3.19. The topological polar surface area (TPSA) is 54.5 Å². The number of aromatic nitrogens is 3. The van der Waals surface area contributed by atoms with Gasteiger partial charge in [-0.05, 0) is 17.7 Å². The van der Waals surface area contributed by atoms with Gasteiger partial charge >= 0.3 is 6.18 Å².